The molecule has 0 aliphatic heterocycles. The number of H-pyrrole nitrogens is 2. The lowest BCUT2D eigenvalue weighted by Gasteiger charge is -1.64. The molecule has 0 saturated carbocycles. The van der Waals surface area contributed by atoms with Crippen molar-refractivity contribution in [2.24, 2.45) is 0 Å². The third-order valence-electron chi connectivity index (χ3n) is 0.803. The molecule has 1 aromatic heterocycles. The molecule has 0 radical (unpaired) electrons. The summed E-state index contributed by atoms with van der Waals surface area (Å²) in [7, 11) is 1.00. The van der Waals surface area contributed by atoms with E-state index in [-0.39, 0.29) is 11.1 Å². The van der Waals surface area contributed by atoms with Crippen LogP contribution in [0.3, 0.4) is 0 Å². The van der Waals surface area contributed by atoms with Gasteiger partial charge in [-0.05, 0) is 0 Å². The van der Waals surface area contributed by atoms with Gasteiger partial charge < -0.3 is 10.2 Å². The average molecular weight is 144 g/mol. The maximum absolute atomic E-state index is 10.3. The molecule has 0 saturated heterocycles. The molecular weight excluding hydrogens is 136 g/mol. The van der Waals surface area contributed by atoms with E-state index in [0.717, 1.165) is 7.11 Å². The van der Waals surface area contributed by atoms with Crippen molar-refractivity contribution in [2.75, 3.05) is 7.11 Å². The third-order valence-corrected chi connectivity index (χ3v) is 0.803. The molecule has 0 aliphatic rings. The molecule has 3 N–H and O–H groups in total. The van der Waals surface area contributed by atoms with Crippen molar-refractivity contribution in [2.45, 2.75) is 0 Å². The van der Waals surface area contributed by atoms with Crippen LogP contribution in [0.1, 0.15) is 10.4 Å². The number of carbonyl (C=O) groups excluding carboxylic acids is 1. The minimum absolute atomic E-state index is 0.130. The zero-order chi connectivity index (χ0) is 7.98. The summed E-state index contributed by atoms with van der Waals surface area (Å²) in [5.41, 5.74) is -0.245. The first-order chi connectivity index (χ1) is 4.84. The van der Waals surface area contributed by atoms with Crippen molar-refractivity contribution >= 4 is 6.29 Å². The van der Waals surface area contributed by atoms with Gasteiger partial charge in [0.25, 0.3) is 5.56 Å². The van der Waals surface area contributed by atoms with Crippen molar-refractivity contribution in [3.63, 3.8) is 0 Å². The lowest BCUT2D eigenvalue weighted by atomic mass is 10.4. The summed E-state index contributed by atoms with van der Waals surface area (Å²) >= 11 is 0. The highest BCUT2D eigenvalue weighted by Gasteiger charge is 1.93. The number of aromatic amines is 2. The smallest absolute Gasteiger partial charge is 0.274 e. The number of hydrogen-bond acceptors (Lipinski definition) is 3. The number of hydrogen-bond donors (Lipinski definition) is 3. The summed E-state index contributed by atoms with van der Waals surface area (Å²) in [6, 6.07) is 0. The van der Waals surface area contributed by atoms with Crippen molar-refractivity contribution < 1.29 is 9.90 Å². The molecule has 5 heteroatoms. The van der Waals surface area contributed by atoms with Crippen LogP contribution in [-0.4, -0.2) is 28.7 Å². The van der Waals surface area contributed by atoms with E-state index in [1.807, 2.05) is 0 Å². The predicted octanol–water partition coefficient (Wildman–Crippen LogP) is -0.876. The predicted molar refractivity (Wildman–Crippen MR) is 34.9 cm³/mol. The van der Waals surface area contributed by atoms with Gasteiger partial charge in [0.1, 0.15) is 0 Å². The molecule has 0 unspecified atom stereocenters. The molecule has 0 fully saturated rings. The first-order valence-corrected chi connectivity index (χ1v) is 2.50. The van der Waals surface area contributed by atoms with E-state index in [4.69, 9.17) is 5.11 Å². The molecule has 5 nitrogen and oxygen atoms in total. The molecule has 1 rings (SSSR count). The first-order valence-electron chi connectivity index (χ1n) is 2.50. The monoisotopic (exact) mass is 144 g/mol. The highest BCUT2D eigenvalue weighted by atomic mass is 16.2. The van der Waals surface area contributed by atoms with Gasteiger partial charge in [0, 0.05) is 13.3 Å². The molecule has 1 aromatic rings. The SMILES string of the molecule is CO.O=Cc1c[nH][nH]c1=O. The Morgan fingerprint density at radius 1 is 1.60 bits per heavy atom. The number of aromatic nitrogens is 2. The van der Waals surface area contributed by atoms with Crippen LogP contribution in [0.15, 0.2) is 11.0 Å². The van der Waals surface area contributed by atoms with Crippen LogP contribution >= 0.6 is 0 Å². The van der Waals surface area contributed by atoms with Gasteiger partial charge in [0.15, 0.2) is 6.29 Å². The summed E-state index contributed by atoms with van der Waals surface area (Å²) in [5.74, 6) is 0. The van der Waals surface area contributed by atoms with Crippen molar-refractivity contribution in [3.8, 4) is 0 Å². The average Bonchev–Trinajstić information content (AvgIpc) is 2.39. The van der Waals surface area contributed by atoms with Gasteiger partial charge in [-0.2, -0.15) is 0 Å². The number of carbonyl (C=O) groups is 1. The van der Waals surface area contributed by atoms with E-state index in [2.05, 4.69) is 10.2 Å². The molecule has 1 heterocycles. The van der Waals surface area contributed by atoms with Gasteiger partial charge in [-0.25, -0.2) is 0 Å². The summed E-state index contributed by atoms with van der Waals surface area (Å²) in [6.45, 7) is 0. The molecular formula is C5H8N2O3. The van der Waals surface area contributed by atoms with Gasteiger partial charge in [0.2, 0.25) is 0 Å². The Bertz CT molecular complexity index is 237. The number of nitrogens with one attached hydrogen (secondary N) is 2. The topological polar surface area (TPSA) is 85.9 Å². The fourth-order valence-corrected chi connectivity index (χ4v) is 0.405. The summed E-state index contributed by atoms with van der Waals surface area (Å²) in [4.78, 5) is 20.2. The van der Waals surface area contributed by atoms with E-state index < -0.39 is 0 Å². The fourth-order valence-electron chi connectivity index (χ4n) is 0.405. The Labute approximate surface area is 56.7 Å². The van der Waals surface area contributed by atoms with E-state index in [1.165, 1.54) is 6.20 Å². The van der Waals surface area contributed by atoms with Crippen LogP contribution in [0, 0.1) is 0 Å². The molecule has 0 aliphatic carbocycles. The van der Waals surface area contributed by atoms with Crippen LogP contribution in [0.4, 0.5) is 0 Å². The van der Waals surface area contributed by atoms with Gasteiger partial charge >= 0.3 is 0 Å². The second kappa shape index (κ2) is 4.51. The lowest BCUT2D eigenvalue weighted by Crippen LogP contribution is -2.03. The highest BCUT2D eigenvalue weighted by Crippen LogP contribution is 1.74. The van der Waals surface area contributed by atoms with Crippen LogP contribution in [-0.2, 0) is 0 Å². The molecule has 0 bridgehead atoms. The van der Waals surface area contributed by atoms with Gasteiger partial charge in [-0.15, -0.1) is 0 Å². The van der Waals surface area contributed by atoms with Crippen molar-refractivity contribution in [3.05, 3.63) is 22.1 Å². The maximum Gasteiger partial charge on any atom is 0.274 e. The fraction of sp³-hybridized carbons (Fsp3) is 0.200. The zero-order valence-corrected chi connectivity index (χ0v) is 5.42. The van der Waals surface area contributed by atoms with Crippen LogP contribution in [0.5, 0.6) is 0 Å². The Morgan fingerprint density at radius 2 is 2.20 bits per heavy atom. The maximum atomic E-state index is 10.3. The van der Waals surface area contributed by atoms with Gasteiger partial charge in [-0.3, -0.25) is 14.7 Å². The summed E-state index contributed by atoms with van der Waals surface area (Å²) < 4.78 is 0. The van der Waals surface area contributed by atoms with Crippen LogP contribution in [0.2, 0.25) is 0 Å². The second-order valence-corrected chi connectivity index (χ2v) is 1.32. The third kappa shape index (κ3) is 1.87. The van der Waals surface area contributed by atoms with Gasteiger partial charge in [-0.1, -0.05) is 0 Å². The number of aliphatic hydroxyl groups excluding tert-OH is 1. The lowest BCUT2D eigenvalue weighted by molar-refractivity contribution is 0.112. The van der Waals surface area contributed by atoms with E-state index in [1.54, 1.807) is 0 Å². The Kier molecular flexibility index (Phi) is 3.90. The highest BCUT2D eigenvalue weighted by molar-refractivity contribution is 5.73. The van der Waals surface area contributed by atoms with E-state index in [9.17, 15) is 9.59 Å². The molecule has 0 aromatic carbocycles. The number of rotatable bonds is 1. The zero-order valence-electron chi connectivity index (χ0n) is 5.42. The first kappa shape index (κ1) is 8.64. The van der Waals surface area contributed by atoms with Gasteiger partial charge in [0.05, 0.1) is 5.56 Å². The summed E-state index contributed by atoms with van der Waals surface area (Å²) in [6.07, 6.45) is 1.81. The normalized spacial score (nSPS) is 7.80. The van der Waals surface area contributed by atoms with E-state index >= 15 is 0 Å². The minimum Gasteiger partial charge on any atom is -0.400 e. The molecule has 56 valence electrons. The standard InChI is InChI=1S/C4H4N2O2.CH4O/c7-2-3-1-5-6-4(3)8;1-2/h1-2H,(H2,5,6,8);2H,1H3. The molecule has 0 amide bonds. The number of aliphatic hydroxyl groups is 1. The summed E-state index contributed by atoms with van der Waals surface area (Å²) in [5, 5.41) is 11.6. The molecule has 10 heavy (non-hydrogen) atoms. The van der Waals surface area contributed by atoms with Crippen molar-refractivity contribution in [1.29, 1.82) is 0 Å². The number of aldehydes is 1. The minimum atomic E-state index is -0.375. The molecule has 0 spiro atoms. The Hall–Kier alpha value is -1.36. The quantitative estimate of drug-likeness (QED) is 0.447. The Morgan fingerprint density at radius 3 is 2.40 bits per heavy atom. The largest absolute Gasteiger partial charge is 0.400 e. The van der Waals surface area contributed by atoms with Crippen molar-refractivity contribution in [1.82, 2.24) is 10.2 Å². The van der Waals surface area contributed by atoms with Crippen LogP contribution < -0.4 is 5.56 Å². The Balaban J connectivity index is 0.000000371. The molecule has 0 atom stereocenters. The van der Waals surface area contributed by atoms with E-state index in [0.29, 0.717) is 6.29 Å². The van der Waals surface area contributed by atoms with Crippen LogP contribution in [0.25, 0.3) is 0 Å². The second-order valence-electron chi connectivity index (χ2n) is 1.32.